The number of nitro groups is 1. The molecule has 0 aliphatic carbocycles. The van der Waals surface area contributed by atoms with Gasteiger partial charge in [0, 0.05) is 12.5 Å². The first-order chi connectivity index (χ1) is 9.56. The van der Waals surface area contributed by atoms with Gasteiger partial charge in [-0.1, -0.05) is 13.8 Å². The molecule has 0 unspecified atom stereocenters. The molecule has 0 radical (unpaired) electrons. The first kappa shape index (κ1) is 14.3. The van der Waals surface area contributed by atoms with Gasteiger partial charge in [0.2, 0.25) is 0 Å². The molecule has 2 heterocycles. The van der Waals surface area contributed by atoms with Gasteiger partial charge < -0.3 is 14.2 Å². The number of nitrogens with zero attached hydrogens (tertiary/aromatic N) is 2. The molecule has 1 N–H and O–H groups in total. The molecular formula is C13H17N3O4. The first-order valence-electron chi connectivity index (χ1n) is 6.49. The van der Waals surface area contributed by atoms with Crippen molar-refractivity contribution in [3.8, 4) is 11.5 Å². The van der Waals surface area contributed by atoms with Gasteiger partial charge in [-0.3, -0.25) is 10.1 Å². The zero-order valence-electron chi connectivity index (χ0n) is 11.5. The van der Waals surface area contributed by atoms with E-state index in [0.717, 1.165) is 13.0 Å². The van der Waals surface area contributed by atoms with Crippen LogP contribution in [-0.4, -0.2) is 22.5 Å². The molecule has 0 saturated heterocycles. The number of hydrogen-bond acceptors (Lipinski definition) is 6. The predicted molar refractivity (Wildman–Crippen MR) is 72.3 cm³/mol. The Kier molecular flexibility index (Phi) is 4.52. The molecule has 7 heteroatoms. The van der Waals surface area contributed by atoms with Crippen LogP contribution in [0.2, 0.25) is 0 Å². The van der Waals surface area contributed by atoms with Gasteiger partial charge in [-0.2, -0.15) is 0 Å². The highest BCUT2D eigenvalue weighted by Gasteiger charge is 2.16. The van der Waals surface area contributed by atoms with Gasteiger partial charge in [0.25, 0.3) is 0 Å². The van der Waals surface area contributed by atoms with Gasteiger partial charge in [-0.25, -0.2) is 4.98 Å². The summed E-state index contributed by atoms with van der Waals surface area (Å²) in [5.41, 5.74) is 0. The van der Waals surface area contributed by atoms with Crippen molar-refractivity contribution in [1.82, 2.24) is 10.3 Å². The molecule has 0 atom stereocenters. The van der Waals surface area contributed by atoms with Crippen LogP contribution in [0.1, 0.15) is 26.2 Å². The summed E-state index contributed by atoms with van der Waals surface area (Å²) in [6, 6.07) is 3.26. The Hall–Kier alpha value is -2.15. The molecule has 20 heavy (non-hydrogen) atoms. The third-order valence-corrected chi connectivity index (χ3v) is 2.69. The van der Waals surface area contributed by atoms with Gasteiger partial charge in [0.1, 0.15) is 4.92 Å². The van der Waals surface area contributed by atoms with Crippen molar-refractivity contribution >= 4 is 5.88 Å². The molecule has 0 aliphatic rings. The highest BCUT2D eigenvalue weighted by atomic mass is 16.6. The third-order valence-electron chi connectivity index (χ3n) is 2.69. The Bertz CT molecular complexity index is 574. The van der Waals surface area contributed by atoms with Crippen LogP contribution in [0, 0.1) is 10.1 Å². The lowest BCUT2D eigenvalue weighted by atomic mass is 10.3. The fourth-order valence-electron chi connectivity index (χ4n) is 1.73. The van der Waals surface area contributed by atoms with Crippen molar-refractivity contribution < 1.29 is 13.8 Å². The first-order valence-corrected chi connectivity index (χ1v) is 6.49. The lowest BCUT2D eigenvalue weighted by molar-refractivity contribution is -0.401. The summed E-state index contributed by atoms with van der Waals surface area (Å²) in [5, 5.41) is 13.8. The number of hydrogen-bond donors (Lipinski definition) is 1. The summed E-state index contributed by atoms with van der Waals surface area (Å²) in [5.74, 6) is 1.02. The Morgan fingerprint density at radius 3 is 2.80 bits per heavy atom. The maximum absolute atomic E-state index is 10.5. The molecule has 2 rings (SSSR count). The van der Waals surface area contributed by atoms with Crippen molar-refractivity contribution in [2.45, 2.75) is 32.7 Å². The highest BCUT2D eigenvalue weighted by Crippen LogP contribution is 2.26. The van der Waals surface area contributed by atoms with E-state index >= 15 is 0 Å². The summed E-state index contributed by atoms with van der Waals surface area (Å²) in [6.45, 7) is 5.07. The van der Waals surface area contributed by atoms with Crippen LogP contribution in [0.15, 0.2) is 27.2 Å². The van der Waals surface area contributed by atoms with Gasteiger partial charge in [0.05, 0.1) is 12.3 Å². The van der Waals surface area contributed by atoms with Crippen molar-refractivity contribution in [2.24, 2.45) is 0 Å². The number of rotatable bonds is 7. The minimum Gasteiger partial charge on any atom is -0.437 e. The number of aromatic nitrogens is 1. The van der Waals surface area contributed by atoms with Crippen molar-refractivity contribution in [3.05, 3.63) is 34.3 Å². The third kappa shape index (κ3) is 3.67. The van der Waals surface area contributed by atoms with Crippen LogP contribution < -0.4 is 5.32 Å². The Labute approximate surface area is 116 Å². The Morgan fingerprint density at radius 2 is 2.15 bits per heavy atom. The van der Waals surface area contributed by atoms with E-state index in [1.807, 2.05) is 0 Å². The largest absolute Gasteiger partial charge is 0.437 e. The highest BCUT2D eigenvalue weighted by molar-refractivity contribution is 5.50. The summed E-state index contributed by atoms with van der Waals surface area (Å²) in [6.07, 6.45) is 3.15. The average Bonchev–Trinajstić information content (AvgIpc) is 3.03. The monoisotopic (exact) mass is 279 g/mol. The van der Waals surface area contributed by atoms with E-state index in [1.165, 1.54) is 18.3 Å². The van der Waals surface area contributed by atoms with Gasteiger partial charge >= 0.3 is 5.88 Å². The molecule has 0 amide bonds. The van der Waals surface area contributed by atoms with E-state index < -0.39 is 4.92 Å². The minimum absolute atomic E-state index is 0.306. The van der Waals surface area contributed by atoms with E-state index in [1.54, 1.807) is 0 Å². The molecule has 0 aliphatic heterocycles. The second kappa shape index (κ2) is 6.33. The van der Waals surface area contributed by atoms with E-state index in [4.69, 9.17) is 8.83 Å². The molecule has 7 nitrogen and oxygen atoms in total. The molecule has 2 aromatic rings. The maximum Gasteiger partial charge on any atom is 0.433 e. The van der Waals surface area contributed by atoms with Crippen LogP contribution >= 0.6 is 0 Å². The van der Waals surface area contributed by atoms with Gasteiger partial charge in [-0.05, 0) is 19.0 Å². The Balaban J connectivity index is 1.92. The SMILES string of the molecule is CC(C)NCCCc1ncc(-c2ccc([N+](=O)[O-])o2)o1. The zero-order valence-corrected chi connectivity index (χ0v) is 11.5. The molecule has 0 fully saturated rings. The summed E-state index contributed by atoms with van der Waals surface area (Å²) in [4.78, 5) is 14.1. The fraction of sp³-hybridized carbons (Fsp3) is 0.462. The van der Waals surface area contributed by atoms with E-state index in [0.29, 0.717) is 29.9 Å². The second-order valence-electron chi connectivity index (χ2n) is 4.73. The van der Waals surface area contributed by atoms with E-state index in [9.17, 15) is 10.1 Å². The summed E-state index contributed by atoms with van der Waals surface area (Å²) < 4.78 is 10.6. The van der Waals surface area contributed by atoms with E-state index in [-0.39, 0.29) is 5.88 Å². The van der Waals surface area contributed by atoms with Crippen molar-refractivity contribution in [1.29, 1.82) is 0 Å². The second-order valence-corrected chi connectivity index (χ2v) is 4.73. The van der Waals surface area contributed by atoms with Crippen molar-refractivity contribution in [2.75, 3.05) is 6.54 Å². The van der Waals surface area contributed by atoms with Crippen LogP contribution in [0.5, 0.6) is 0 Å². The molecule has 0 aromatic carbocycles. The summed E-state index contributed by atoms with van der Waals surface area (Å²) >= 11 is 0. The van der Waals surface area contributed by atoms with E-state index in [2.05, 4.69) is 24.1 Å². The number of nitrogens with one attached hydrogen (secondary N) is 1. The van der Waals surface area contributed by atoms with Crippen LogP contribution in [0.4, 0.5) is 5.88 Å². The minimum atomic E-state index is -0.585. The maximum atomic E-state index is 10.5. The van der Waals surface area contributed by atoms with Gasteiger partial charge in [0.15, 0.2) is 17.4 Å². The molecular weight excluding hydrogens is 262 g/mol. The smallest absolute Gasteiger partial charge is 0.433 e. The predicted octanol–water partition coefficient (Wildman–Crippen LogP) is 2.77. The number of aryl methyl sites for hydroxylation is 1. The Morgan fingerprint density at radius 1 is 1.35 bits per heavy atom. The fourth-order valence-corrected chi connectivity index (χ4v) is 1.73. The van der Waals surface area contributed by atoms with Crippen LogP contribution in [0.25, 0.3) is 11.5 Å². The van der Waals surface area contributed by atoms with Crippen molar-refractivity contribution in [3.63, 3.8) is 0 Å². The lowest BCUT2D eigenvalue weighted by Crippen LogP contribution is -2.23. The molecule has 108 valence electrons. The topological polar surface area (TPSA) is 94.3 Å². The van der Waals surface area contributed by atoms with Crippen LogP contribution in [0.3, 0.4) is 0 Å². The zero-order chi connectivity index (χ0) is 14.5. The summed E-state index contributed by atoms with van der Waals surface area (Å²) in [7, 11) is 0. The molecule has 0 bridgehead atoms. The van der Waals surface area contributed by atoms with Crippen LogP contribution in [-0.2, 0) is 6.42 Å². The normalized spacial score (nSPS) is 11.2. The molecule has 0 spiro atoms. The quantitative estimate of drug-likeness (QED) is 0.475. The molecule has 2 aromatic heterocycles. The standard InChI is InChI=1S/C13H17N3O4/c1-9(2)14-7-3-4-12-15-8-11(19-12)10-5-6-13(20-10)16(17)18/h5-6,8-9,14H,3-4,7H2,1-2H3. The van der Waals surface area contributed by atoms with Gasteiger partial charge in [-0.15, -0.1) is 0 Å². The molecule has 0 saturated carbocycles. The average molecular weight is 279 g/mol. The lowest BCUT2D eigenvalue weighted by Gasteiger charge is -2.05. The number of furan rings is 1. The number of oxazole rings is 1.